The Bertz CT molecular complexity index is 1140. The van der Waals surface area contributed by atoms with Crippen molar-refractivity contribution in [3.63, 3.8) is 0 Å². The molecule has 1 aliphatic heterocycles. The van der Waals surface area contributed by atoms with Gasteiger partial charge >= 0.3 is 5.97 Å². The lowest BCUT2D eigenvalue weighted by atomic mass is 9.98. The van der Waals surface area contributed by atoms with Crippen LogP contribution < -0.4 is 5.32 Å². The molecule has 0 aromatic heterocycles. The second-order valence-corrected chi connectivity index (χ2v) is 10.1. The number of benzene rings is 2. The average Bonchev–Trinajstić information content (AvgIpc) is 2.79. The lowest BCUT2D eigenvalue weighted by Gasteiger charge is -2.30. The van der Waals surface area contributed by atoms with E-state index in [1.165, 1.54) is 42.4 Å². The number of hydrogen-bond acceptors (Lipinski definition) is 6. The first-order chi connectivity index (χ1) is 15.6. The highest BCUT2D eigenvalue weighted by Gasteiger charge is 2.34. The molecule has 176 valence electrons. The van der Waals surface area contributed by atoms with E-state index in [4.69, 9.17) is 4.74 Å². The normalized spacial score (nSPS) is 16.1. The van der Waals surface area contributed by atoms with Gasteiger partial charge < -0.3 is 10.1 Å². The van der Waals surface area contributed by atoms with E-state index in [0.717, 1.165) is 5.56 Å². The van der Waals surface area contributed by atoms with Crippen LogP contribution in [0.15, 0.2) is 53.4 Å². The first-order valence-corrected chi connectivity index (χ1v) is 12.2. The number of carbonyl (C=O) groups is 3. The summed E-state index contributed by atoms with van der Waals surface area (Å²) >= 11 is 0. The van der Waals surface area contributed by atoms with Gasteiger partial charge in [-0.2, -0.15) is 4.31 Å². The number of anilines is 1. The molecule has 0 unspecified atom stereocenters. The van der Waals surface area contributed by atoms with E-state index in [0.29, 0.717) is 24.1 Å². The summed E-state index contributed by atoms with van der Waals surface area (Å²) < 4.78 is 32.4. The molecule has 8 nitrogen and oxygen atoms in total. The van der Waals surface area contributed by atoms with Crippen molar-refractivity contribution in [1.29, 1.82) is 0 Å². The van der Waals surface area contributed by atoms with Crippen LogP contribution in [0, 0.1) is 12.8 Å². The number of ketones is 1. The van der Waals surface area contributed by atoms with Crippen LogP contribution in [0.5, 0.6) is 0 Å². The van der Waals surface area contributed by atoms with Gasteiger partial charge in [0.2, 0.25) is 10.0 Å². The third-order valence-electron chi connectivity index (χ3n) is 5.63. The summed E-state index contributed by atoms with van der Waals surface area (Å²) in [5.74, 6) is -1.56. The predicted octanol–water partition coefficient (Wildman–Crippen LogP) is 3.17. The third-order valence-corrected chi connectivity index (χ3v) is 7.55. The number of ether oxygens (including phenoxy) is 1. The van der Waals surface area contributed by atoms with Crippen molar-refractivity contribution in [2.24, 2.45) is 5.92 Å². The van der Waals surface area contributed by atoms with E-state index >= 15 is 0 Å². The zero-order chi connectivity index (χ0) is 24.2. The Morgan fingerprint density at radius 1 is 1.06 bits per heavy atom. The number of esters is 1. The SMILES string of the molecule is CC(=O)c1ccc(S(=O)(=O)N2CCC(C(=O)O[C@@H](C)C(=O)Nc3cccc(C)c3)CC2)cc1. The molecule has 1 heterocycles. The predicted molar refractivity (Wildman–Crippen MR) is 123 cm³/mol. The number of hydrogen-bond donors (Lipinski definition) is 1. The Balaban J connectivity index is 1.53. The molecule has 0 spiro atoms. The Kier molecular flexibility index (Phi) is 7.65. The number of nitrogens with zero attached hydrogens (tertiary/aromatic N) is 1. The smallest absolute Gasteiger partial charge is 0.309 e. The van der Waals surface area contributed by atoms with Gasteiger partial charge in [0.25, 0.3) is 5.91 Å². The quantitative estimate of drug-likeness (QED) is 0.490. The van der Waals surface area contributed by atoms with E-state index in [1.54, 1.807) is 6.07 Å². The molecule has 33 heavy (non-hydrogen) atoms. The molecule has 2 aromatic rings. The summed E-state index contributed by atoms with van der Waals surface area (Å²) in [6.45, 7) is 5.17. The van der Waals surface area contributed by atoms with Gasteiger partial charge in [0, 0.05) is 24.3 Å². The molecule has 1 atom stereocenters. The maximum Gasteiger partial charge on any atom is 0.309 e. The topological polar surface area (TPSA) is 110 Å². The number of sulfonamides is 1. The lowest BCUT2D eigenvalue weighted by molar-refractivity contribution is -0.158. The van der Waals surface area contributed by atoms with E-state index in [9.17, 15) is 22.8 Å². The van der Waals surface area contributed by atoms with Gasteiger partial charge in [-0.05, 0) is 63.4 Å². The monoisotopic (exact) mass is 472 g/mol. The second kappa shape index (κ2) is 10.3. The molecule has 1 saturated heterocycles. The molecule has 0 aliphatic carbocycles. The third kappa shape index (κ3) is 6.06. The van der Waals surface area contributed by atoms with E-state index in [-0.39, 0.29) is 23.8 Å². The Hall–Kier alpha value is -3.04. The lowest BCUT2D eigenvalue weighted by Crippen LogP contribution is -2.41. The summed E-state index contributed by atoms with van der Waals surface area (Å²) in [7, 11) is -3.72. The molecular weight excluding hydrogens is 444 g/mol. The highest BCUT2D eigenvalue weighted by atomic mass is 32.2. The second-order valence-electron chi connectivity index (χ2n) is 8.20. The Labute approximate surface area is 194 Å². The molecule has 1 aliphatic rings. The standard InChI is InChI=1S/C24H28N2O6S/c1-16-5-4-6-21(15-16)25-23(28)18(3)32-24(29)20-11-13-26(14-12-20)33(30,31)22-9-7-19(8-10-22)17(2)27/h4-10,15,18,20H,11-14H2,1-3H3,(H,25,28)/t18-/m0/s1. The maximum absolute atomic E-state index is 12.9. The number of aryl methyl sites for hydroxylation is 1. The van der Waals surface area contributed by atoms with Crippen LogP contribution in [0.1, 0.15) is 42.6 Å². The van der Waals surface area contributed by atoms with Crippen LogP contribution in [-0.4, -0.2) is 49.6 Å². The van der Waals surface area contributed by atoms with Gasteiger partial charge in [0.05, 0.1) is 10.8 Å². The van der Waals surface area contributed by atoms with E-state index < -0.39 is 33.9 Å². The summed E-state index contributed by atoms with van der Waals surface area (Å²) in [5.41, 5.74) is 2.06. The number of Topliss-reactive ketones (excluding diaryl/α,β-unsaturated/α-hetero) is 1. The molecule has 1 N–H and O–H groups in total. The van der Waals surface area contributed by atoms with Gasteiger partial charge in [0.15, 0.2) is 11.9 Å². The molecule has 2 aromatic carbocycles. The summed E-state index contributed by atoms with van der Waals surface area (Å²) in [4.78, 5) is 36.4. The van der Waals surface area contributed by atoms with Crippen molar-refractivity contribution < 1.29 is 27.5 Å². The summed E-state index contributed by atoms with van der Waals surface area (Å²) in [6, 6.07) is 13.1. The zero-order valence-corrected chi connectivity index (χ0v) is 19.7. The number of rotatable bonds is 7. The number of carbonyl (C=O) groups excluding carboxylic acids is 3. The summed E-state index contributed by atoms with van der Waals surface area (Å²) in [6.07, 6.45) is -0.370. The zero-order valence-electron chi connectivity index (χ0n) is 18.9. The van der Waals surface area contributed by atoms with Crippen molar-refractivity contribution in [3.05, 3.63) is 59.7 Å². The Morgan fingerprint density at radius 3 is 2.27 bits per heavy atom. The van der Waals surface area contributed by atoms with Crippen molar-refractivity contribution in [3.8, 4) is 0 Å². The number of piperidine rings is 1. The van der Waals surface area contributed by atoms with Crippen LogP contribution in [0.4, 0.5) is 5.69 Å². The van der Waals surface area contributed by atoms with Gasteiger partial charge in [0.1, 0.15) is 0 Å². The van der Waals surface area contributed by atoms with Crippen molar-refractivity contribution in [2.75, 3.05) is 18.4 Å². The molecule has 1 amide bonds. The van der Waals surface area contributed by atoms with Crippen LogP contribution in [-0.2, 0) is 24.3 Å². The average molecular weight is 473 g/mol. The van der Waals surface area contributed by atoms with Crippen molar-refractivity contribution in [1.82, 2.24) is 4.31 Å². The maximum atomic E-state index is 12.9. The summed E-state index contributed by atoms with van der Waals surface area (Å²) in [5, 5.41) is 2.72. The Morgan fingerprint density at radius 2 is 1.70 bits per heavy atom. The fourth-order valence-electron chi connectivity index (χ4n) is 3.63. The van der Waals surface area contributed by atoms with Crippen LogP contribution in [0.3, 0.4) is 0 Å². The van der Waals surface area contributed by atoms with E-state index in [1.807, 2.05) is 25.1 Å². The van der Waals surface area contributed by atoms with Crippen LogP contribution in [0.25, 0.3) is 0 Å². The molecule has 9 heteroatoms. The van der Waals surface area contributed by atoms with Gasteiger partial charge in [-0.3, -0.25) is 14.4 Å². The van der Waals surface area contributed by atoms with Gasteiger partial charge in [-0.15, -0.1) is 0 Å². The first kappa shape index (κ1) is 24.6. The molecule has 0 bridgehead atoms. The van der Waals surface area contributed by atoms with Crippen molar-refractivity contribution in [2.45, 2.75) is 44.6 Å². The highest BCUT2D eigenvalue weighted by molar-refractivity contribution is 7.89. The molecule has 3 rings (SSSR count). The minimum atomic E-state index is -3.72. The number of amides is 1. The highest BCUT2D eigenvalue weighted by Crippen LogP contribution is 2.25. The molecule has 0 saturated carbocycles. The molecular formula is C24H28N2O6S. The fraction of sp³-hybridized carbons (Fsp3) is 0.375. The minimum absolute atomic E-state index is 0.106. The largest absolute Gasteiger partial charge is 0.452 e. The fourth-order valence-corrected chi connectivity index (χ4v) is 5.10. The van der Waals surface area contributed by atoms with Crippen LogP contribution >= 0.6 is 0 Å². The van der Waals surface area contributed by atoms with E-state index in [2.05, 4.69) is 5.32 Å². The minimum Gasteiger partial charge on any atom is -0.452 e. The van der Waals surface area contributed by atoms with Gasteiger partial charge in [-0.25, -0.2) is 8.42 Å². The van der Waals surface area contributed by atoms with Gasteiger partial charge in [-0.1, -0.05) is 24.3 Å². The van der Waals surface area contributed by atoms with Crippen molar-refractivity contribution >= 4 is 33.4 Å². The first-order valence-electron chi connectivity index (χ1n) is 10.8. The van der Waals surface area contributed by atoms with Crippen LogP contribution in [0.2, 0.25) is 0 Å². The number of nitrogens with one attached hydrogen (secondary N) is 1. The molecule has 0 radical (unpaired) electrons. The molecule has 1 fully saturated rings.